The van der Waals surface area contributed by atoms with Crippen molar-refractivity contribution in [2.45, 2.75) is 0 Å². The van der Waals surface area contributed by atoms with Gasteiger partial charge in [-0.05, 0) is 41.6 Å². The third-order valence-electron chi connectivity index (χ3n) is 4.73. The lowest BCUT2D eigenvalue weighted by Crippen LogP contribution is -2.48. The minimum absolute atomic E-state index is 0.214. The zero-order chi connectivity index (χ0) is 20.2. The lowest BCUT2D eigenvalue weighted by atomic mass is 10.2. The van der Waals surface area contributed by atoms with Crippen molar-refractivity contribution in [1.82, 2.24) is 4.90 Å². The number of thioether (sulfide) groups is 1. The van der Waals surface area contributed by atoms with Gasteiger partial charge in [-0.1, -0.05) is 54.1 Å². The van der Waals surface area contributed by atoms with Crippen LogP contribution < -0.4 is 4.90 Å². The van der Waals surface area contributed by atoms with Crippen LogP contribution in [0.25, 0.3) is 6.08 Å². The Hall–Kier alpha value is -2.57. The zero-order valence-corrected chi connectivity index (χ0v) is 17.2. The zero-order valence-electron chi connectivity index (χ0n) is 15.6. The van der Waals surface area contributed by atoms with Crippen molar-refractivity contribution in [2.75, 3.05) is 31.1 Å². The number of hydrogen-bond acceptors (Lipinski definition) is 4. The molecule has 7 heteroatoms. The molecule has 1 saturated heterocycles. The van der Waals surface area contributed by atoms with E-state index in [2.05, 4.69) is 9.89 Å². The van der Waals surface area contributed by atoms with Gasteiger partial charge in [-0.2, -0.15) is 4.99 Å². The molecule has 2 aliphatic heterocycles. The lowest BCUT2D eigenvalue weighted by molar-refractivity contribution is -0.113. The largest absolute Gasteiger partial charge is 0.366 e. The fraction of sp³-hybridized carbons (Fsp3) is 0.182. The summed E-state index contributed by atoms with van der Waals surface area (Å²) in [5, 5.41) is 1.16. The molecule has 0 saturated carbocycles. The van der Waals surface area contributed by atoms with Crippen LogP contribution in [0.1, 0.15) is 5.56 Å². The molecule has 0 unspecified atom stereocenters. The van der Waals surface area contributed by atoms with Crippen molar-refractivity contribution in [1.29, 1.82) is 0 Å². The van der Waals surface area contributed by atoms with Crippen LogP contribution in [0, 0.1) is 5.82 Å². The van der Waals surface area contributed by atoms with Crippen molar-refractivity contribution in [2.24, 2.45) is 4.99 Å². The first-order chi connectivity index (χ1) is 14.1. The van der Waals surface area contributed by atoms with E-state index in [0.29, 0.717) is 47.0 Å². The maximum Gasteiger partial charge on any atom is 0.286 e. The van der Waals surface area contributed by atoms with Gasteiger partial charge in [0.25, 0.3) is 5.91 Å². The van der Waals surface area contributed by atoms with Gasteiger partial charge < -0.3 is 9.80 Å². The number of carbonyl (C=O) groups excluding carboxylic acids is 1. The summed E-state index contributed by atoms with van der Waals surface area (Å²) in [6.07, 6.45) is 3.47. The Kier molecular flexibility index (Phi) is 6.02. The highest BCUT2D eigenvalue weighted by atomic mass is 35.5. The third kappa shape index (κ3) is 4.71. The van der Waals surface area contributed by atoms with E-state index in [0.717, 1.165) is 5.56 Å². The molecule has 0 aliphatic carbocycles. The van der Waals surface area contributed by atoms with Gasteiger partial charge in [-0.3, -0.25) is 4.79 Å². The molecule has 0 spiro atoms. The fourth-order valence-corrected chi connectivity index (χ4v) is 4.51. The van der Waals surface area contributed by atoms with Crippen molar-refractivity contribution >= 4 is 46.2 Å². The summed E-state index contributed by atoms with van der Waals surface area (Å²) in [6.45, 7) is 2.69. The van der Waals surface area contributed by atoms with E-state index in [1.807, 2.05) is 47.4 Å². The maximum atomic E-state index is 14.0. The number of amidine groups is 1. The topological polar surface area (TPSA) is 35.9 Å². The van der Waals surface area contributed by atoms with Crippen molar-refractivity contribution in [3.63, 3.8) is 0 Å². The van der Waals surface area contributed by atoms with Crippen LogP contribution in [0.3, 0.4) is 0 Å². The highest BCUT2D eigenvalue weighted by Gasteiger charge is 2.29. The van der Waals surface area contributed by atoms with Crippen LogP contribution in [0.2, 0.25) is 0 Å². The van der Waals surface area contributed by atoms with Crippen molar-refractivity contribution < 1.29 is 9.18 Å². The Labute approximate surface area is 178 Å². The number of para-hydroxylation sites is 1. The van der Waals surface area contributed by atoms with Crippen LogP contribution in [0.4, 0.5) is 10.1 Å². The van der Waals surface area contributed by atoms with E-state index >= 15 is 0 Å². The van der Waals surface area contributed by atoms with E-state index in [1.54, 1.807) is 18.2 Å². The number of aliphatic imine (C=N–C) groups is 1. The standard InChI is InChI=1S/C22H19ClFN3OS/c23-17(14-16-6-2-1-3-7-16)15-20-21(28)25-22(29-20)27-12-10-26(11-13-27)19-9-5-4-8-18(19)24/h1-9,14-15H,10-13H2/b17-14-,20-15-. The molecule has 0 aromatic heterocycles. The summed E-state index contributed by atoms with van der Waals surface area (Å²) >= 11 is 7.64. The minimum Gasteiger partial charge on any atom is -0.366 e. The number of benzene rings is 2. The Morgan fingerprint density at radius 3 is 2.38 bits per heavy atom. The summed E-state index contributed by atoms with van der Waals surface area (Å²) in [5.74, 6) is -0.491. The number of halogens is 2. The first-order valence-corrected chi connectivity index (χ1v) is 10.5. The Balaban J connectivity index is 1.39. The second-order valence-electron chi connectivity index (χ2n) is 6.68. The van der Waals surface area contributed by atoms with Crippen molar-refractivity contribution in [3.8, 4) is 0 Å². The van der Waals surface area contributed by atoms with Gasteiger partial charge in [0.15, 0.2) is 5.17 Å². The molecule has 1 fully saturated rings. The first kappa shape index (κ1) is 19.7. The summed E-state index contributed by atoms with van der Waals surface area (Å²) in [5.41, 5.74) is 1.58. The van der Waals surface area contributed by atoms with E-state index in [4.69, 9.17) is 11.6 Å². The molecular formula is C22H19ClFN3OS. The smallest absolute Gasteiger partial charge is 0.286 e. The van der Waals surface area contributed by atoms with Crippen LogP contribution in [0.5, 0.6) is 0 Å². The molecule has 2 aliphatic rings. The molecule has 1 amide bonds. The summed E-state index contributed by atoms with van der Waals surface area (Å²) < 4.78 is 14.0. The van der Waals surface area contributed by atoms with Crippen LogP contribution in [-0.2, 0) is 4.79 Å². The number of allylic oxidation sites excluding steroid dienone is 2. The first-order valence-electron chi connectivity index (χ1n) is 9.29. The van der Waals surface area contributed by atoms with E-state index in [9.17, 15) is 9.18 Å². The number of carbonyl (C=O) groups is 1. The predicted molar refractivity (Wildman–Crippen MR) is 119 cm³/mol. The summed E-state index contributed by atoms with van der Waals surface area (Å²) in [4.78, 5) is 21.1. The molecule has 148 valence electrons. The second-order valence-corrected chi connectivity index (χ2v) is 8.12. The van der Waals surface area contributed by atoms with Gasteiger partial charge in [0, 0.05) is 31.2 Å². The second kappa shape index (κ2) is 8.84. The van der Waals surface area contributed by atoms with Crippen LogP contribution in [0.15, 0.2) is 75.6 Å². The van der Waals surface area contributed by atoms with Crippen LogP contribution >= 0.6 is 23.4 Å². The molecule has 2 heterocycles. The highest BCUT2D eigenvalue weighted by Crippen LogP contribution is 2.31. The monoisotopic (exact) mass is 427 g/mol. The third-order valence-corrected chi connectivity index (χ3v) is 5.99. The molecule has 2 aromatic carbocycles. The molecule has 0 N–H and O–H groups in total. The quantitative estimate of drug-likeness (QED) is 0.663. The normalized spacial score (nSPS) is 19.1. The van der Waals surface area contributed by atoms with Crippen molar-refractivity contribution in [3.05, 3.63) is 82.0 Å². The number of rotatable bonds is 3. The number of piperazine rings is 1. The van der Waals surface area contributed by atoms with Gasteiger partial charge in [0.05, 0.1) is 10.6 Å². The minimum atomic E-state index is -0.277. The molecule has 0 radical (unpaired) electrons. The Bertz CT molecular complexity index is 998. The van der Waals surface area contributed by atoms with E-state index < -0.39 is 0 Å². The molecule has 2 aromatic rings. The Morgan fingerprint density at radius 1 is 1.00 bits per heavy atom. The maximum absolute atomic E-state index is 14.0. The molecule has 0 atom stereocenters. The molecule has 4 rings (SSSR count). The van der Waals surface area contributed by atoms with Gasteiger partial charge in [-0.15, -0.1) is 0 Å². The van der Waals surface area contributed by atoms with Gasteiger partial charge in [-0.25, -0.2) is 4.39 Å². The number of amides is 1. The highest BCUT2D eigenvalue weighted by molar-refractivity contribution is 8.18. The van der Waals surface area contributed by atoms with E-state index in [1.165, 1.54) is 17.8 Å². The van der Waals surface area contributed by atoms with Gasteiger partial charge >= 0.3 is 0 Å². The van der Waals surface area contributed by atoms with Gasteiger partial charge in [0.2, 0.25) is 0 Å². The molecular weight excluding hydrogens is 409 g/mol. The predicted octanol–water partition coefficient (Wildman–Crippen LogP) is 4.74. The number of anilines is 1. The lowest BCUT2D eigenvalue weighted by Gasteiger charge is -2.36. The van der Waals surface area contributed by atoms with E-state index in [-0.39, 0.29) is 11.7 Å². The SMILES string of the molecule is O=C1N=C(N2CCN(c3ccccc3F)CC2)S/C1=C\C(Cl)=C\c1ccccc1. The molecule has 29 heavy (non-hydrogen) atoms. The number of nitrogens with zero attached hydrogens (tertiary/aromatic N) is 3. The average Bonchev–Trinajstić information content (AvgIpc) is 3.09. The summed E-state index contributed by atoms with van der Waals surface area (Å²) in [6, 6.07) is 16.5. The number of hydrogen-bond donors (Lipinski definition) is 0. The Morgan fingerprint density at radius 2 is 1.66 bits per heavy atom. The molecule has 4 nitrogen and oxygen atoms in total. The average molecular weight is 428 g/mol. The van der Waals surface area contributed by atoms with Gasteiger partial charge in [0.1, 0.15) is 5.82 Å². The molecule has 0 bridgehead atoms. The summed E-state index contributed by atoms with van der Waals surface area (Å²) in [7, 11) is 0. The fourth-order valence-electron chi connectivity index (χ4n) is 3.26. The van der Waals surface area contributed by atoms with Crippen LogP contribution in [-0.4, -0.2) is 42.2 Å².